The highest BCUT2D eigenvalue weighted by Gasteiger charge is 2.38. The first kappa shape index (κ1) is 33.3. The molecule has 1 aliphatic heterocycles. The highest BCUT2D eigenvalue weighted by molar-refractivity contribution is 7.89. The molecular formula is C37H49N3O4S. The monoisotopic (exact) mass is 631 g/mol. The van der Waals surface area contributed by atoms with Crippen molar-refractivity contribution in [1.29, 1.82) is 0 Å². The van der Waals surface area contributed by atoms with Gasteiger partial charge in [-0.15, -0.1) is 0 Å². The van der Waals surface area contributed by atoms with Crippen LogP contribution in [0.3, 0.4) is 0 Å². The van der Waals surface area contributed by atoms with Crippen LogP contribution in [0.1, 0.15) is 68.4 Å². The van der Waals surface area contributed by atoms with Crippen molar-refractivity contribution in [1.82, 2.24) is 14.1 Å². The maximum Gasteiger partial charge on any atom is 0.309 e. The number of carbonyl (C=O) groups excluding carboxylic acids is 1. The third-order valence-electron chi connectivity index (χ3n) is 9.82. The van der Waals surface area contributed by atoms with E-state index in [0.717, 1.165) is 43.5 Å². The van der Waals surface area contributed by atoms with E-state index in [9.17, 15) is 13.2 Å². The molecule has 1 saturated carbocycles. The molecule has 3 unspecified atom stereocenters. The first-order valence-electron chi connectivity index (χ1n) is 16.6. The lowest BCUT2D eigenvalue weighted by molar-refractivity contribution is -0.154. The maximum atomic E-state index is 13.4. The number of carbonyl (C=O) groups is 1. The van der Waals surface area contributed by atoms with Crippen LogP contribution < -0.4 is 0 Å². The van der Waals surface area contributed by atoms with Crippen molar-refractivity contribution >= 4 is 16.0 Å². The molecule has 2 fully saturated rings. The summed E-state index contributed by atoms with van der Waals surface area (Å²) < 4.78 is 34.2. The van der Waals surface area contributed by atoms with E-state index in [1.807, 2.05) is 54.6 Å². The van der Waals surface area contributed by atoms with Gasteiger partial charge in [-0.3, -0.25) is 14.6 Å². The summed E-state index contributed by atoms with van der Waals surface area (Å²) in [6.07, 6.45) is 8.66. The van der Waals surface area contributed by atoms with Gasteiger partial charge in [0.05, 0.1) is 17.0 Å². The Labute approximate surface area is 270 Å². The number of piperidine rings is 1. The minimum atomic E-state index is -3.61. The van der Waals surface area contributed by atoms with Gasteiger partial charge in [0.25, 0.3) is 0 Å². The lowest BCUT2D eigenvalue weighted by Crippen LogP contribution is -2.56. The SMILES string of the molecule is CN(C1CCCCC1)C1CC(C(=O)OCc2ccccc2)CCN1CCC(CN(C)S(=O)(=O)c1ccccc1)c1ccccc1. The molecule has 1 saturated heterocycles. The summed E-state index contributed by atoms with van der Waals surface area (Å²) in [4.78, 5) is 18.7. The Morgan fingerprint density at radius 2 is 1.49 bits per heavy atom. The van der Waals surface area contributed by atoms with Crippen LogP contribution in [0.2, 0.25) is 0 Å². The number of ether oxygens (including phenoxy) is 1. The van der Waals surface area contributed by atoms with Gasteiger partial charge >= 0.3 is 5.97 Å². The molecule has 0 bridgehead atoms. The van der Waals surface area contributed by atoms with Gasteiger partial charge in [-0.2, -0.15) is 0 Å². The van der Waals surface area contributed by atoms with Crippen molar-refractivity contribution in [3.05, 3.63) is 102 Å². The normalized spacial score (nSPS) is 20.7. The number of likely N-dealkylation sites (tertiary alicyclic amines) is 1. The standard InChI is InChI=1S/C37H49N3O4S/c1-38(45(42,43)35-21-13-6-14-22-35)28-33(31-17-9-4-10-18-31)24-26-40-25-23-32(37(41)44-29-30-15-7-3-8-16-30)27-36(40)39(2)34-19-11-5-12-20-34/h3-4,6-10,13-18,21-22,32-34,36H,5,11-12,19-20,23-29H2,1-2H3. The lowest BCUT2D eigenvalue weighted by Gasteiger charge is -2.47. The summed E-state index contributed by atoms with van der Waals surface area (Å²) in [5.74, 6) is -0.201. The van der Waals surface area contributed by atoms with E-state index < -0.39 is 10.0 Å². The molecule has 7 nitrogen and oxygen atoms in total. The van der Waals surface area contributed by atoms with E-state index in [-0.39, 0.29) is 24.0 Å². The van der Waals surface area contributed by atoms with Gasteiger partial charge in [0, 0.05) is 32.7 Å². The van der Waals surface area contributed by atoms with Crippen LogP contribution in [0.5, 0.6) is 0 Å². The van der Waals surface area contributed by atoms with E-state index >= 15 is 0 Å². The number of hydrogen-bond acceptors (Lipinski definition) is 6. The van der Waals surface area contributed by atoms with Gasteiger partial charge in [0.15, 0.2) is 0 Å². The van der Waals surface area contributed by atoms with Crippen molar-refractivity contribution in [2.45, 2.75) is 81.0 Å². The zero-order valence-electron chi connectivity index (χ0n) is 26.8. The predicted octanol–water partition coefficient (Wildman–Crippen LogP) is 6.53. The number of esters is 1. The van der Waals surface area contributed by atoms with Crippen LogP contribution in [-0.2, 0) is 26.2 Å². The molecule has 0 radical (unpaired) electrons. The summed E-state index contributed by atoms with van der Waals surface area (Å²) >= 11 is 0. The fourth-order valence-electron chi connectivity index (χ4n) is 7.06. The van der Waals surface area contributed by atoms with Gasteiger partial charge in [-0.1, -0.05) is 98.1 Å². The molecule has 2 aliphatic rings. The Kier molecular flexibility index (Phi) is 11.8. The molecular weight excluding hydrogens is 582 g/mol. The van der Waals surface area contributed by atoms with Crippen molar-refractivity contribution < 1.29 is 17.9 Å². The first-order chi connectivity index (χ1) is 21.8. The molecule has 8 heteroatoms. The summed E-state index contributed by atoms with van der Waals surface area (Å²) in [6, 6.07) is 29.3. The van der Waals surface area contributed by atoms with Crippen molar-refractivity contribution in [3.8, 4) is 0 Å². The first-order valence-corrected chi connectivity index (χ1v) is 18.0. The zero-order valence-corrected chi connectivity index (χ0v) is 27.7. The summed E-state index contributed by atoms with van der Waals surface area (Å²) in [7, 11) is 0.315. The van der Waals surface area contributed by atoms with Crippen molar-refractivity contribution in [2.24, 2.45) is 5.92 Å². The minimum Gasteiger partial charge on any atom is -0.461 e. The average molecular weight is 632 g/mol. The van der Waals surface area contributed by atoms with Crippen LogP contribution in [0, 0.1) is 5.92 Å². The largest absolute Gasteiger partial charge is 0.461 e. The second-order valence-corrected chi connectivity index (χ2v) is 14.8. The molecule has 45 heavy (non-hydrogen) atoms. The minimum absolute atomic E-state index is 0.0314. The molecule has 242 valence electrons. The molecule has 3 aromatic carbocycles. The molecule has 1 heterocycles. The third-order valence-corrected chi connectivity index (χ3v) is 11.7. The number of nitrogens with zero attached hydrogens (tertiary/aromatic N) is 3. The number of sulfonamides is 1. The van der Waals surface area contributed by atoms with Gasteiger partial charge in [0.1, 0.15) is 6.61 Å². The molecule has 0 aromatic heterocycles. The Balaban J connectivity index is 1.29. The summed E-state index contributed by atoms with van der Waals surface area (Å²) in [5.41, 5.74) is 2.15. The van der Waals surface area contributed by atoms with Crippen LogP contribution in [0.25, 0.3) is 0 Å². The topological polar surface area (TPSA) is 70.2 Å². The molecule has 3 aromatic rings. The molecule has 0 N–H and O–H groups in total. The summed E-state index contributed by atoms with van der Waals surface area (Å²) in [5, 5.41) is 0. The number of rotatable bonds is 13. The Hall–Kier alpha value is -3.04. The van der Waals surface area contributed by atoms with Crippen molar-refractivity contribution in [2.75, 3.05) is 33.7 Å². The van der Waals surface area contributed by atoms with E-state index in [4.69, 9.17) is 4.74 Å². The quantitative estimate of drug-likeness (QED) is 0.200. The van der Waals surface area contributed by atoms with Crippen LogP contribution >= 0.6 is 0 Å². The van der Waals surface area contributed by atoms with E-state index in [0.29, 0.717) is 24.1 Å². The average Bonchev–Trinajstić information content (AvgIpc) is 3.10. The predicted molar refractivity (Wildman–Crippen MR) is 179 cm³/mol. The number of hydrogen-bond donors (Lipinski definition) is 0. The lowest BCUT2D eigenvalue weighted by atomic mass is 9.89. The second-order valence-electron chi connectivity index (χ2n) is 12.8. The highest BCUT2D eigenvalue weighted by atomic mass is 32.2. The molecule has 0 spiro atoms. The molecule has 5 rings (SSSR count). The molecule has 3 atom stereocenters. The molecule has 1 aliphatic carbocycles. The van der Waals surface area contributed by atoms with Gasteiger partial charge in [-0.05, 0) is 68.3 Å². The zero-order chi connectivity index (χ0) is 31.6. The Morgan fingerprint density at radius 3 is 2.16 bits per heavy atom. The van der Waals surface area contributed by atoms with Gasteiger partial charge in [0.2, 0.25) is 10.0 Å². The Morgan fingerprint density at radius 1 is 0.867 bits per heavy atom. The van der Waals surface area contributed by atoms with E-state index in [1.165, 1.54) is 36.4 Å². The highest BCUT2D eigenvalue weighted by Crippen LogP contribution is 2.33. The van der Waals surface area contributed by atoms with Crippen molar-refractivity contribution in [3.63, 3.8) is 0 Å². The van der Waals surface area contributed by atoms with Crippen LogP contribution in [0.4, 0.5) is 0 Å². The Bertz CT molecular complexity index is 1430. The molecule has 0 amide bonds. The smallest absolute Gasteiger partial charge is 0.309 e. The summed E-state index contributed by atoms with van der Waals surface area (Å²) in [6.45, 7) is 2.34. The van der Waals surface area contributed by atoms with Gasteiger partial charge in [-0.25, -0.2) is 12.7 Å². The fraction of sp³-hybridized carbons (Fsp3) is 0.486. The number of benzene rings is 3. The van der Waals surface area contributed by atoms with Crippen LogP contribution in [-0.4, -0.2) is 74.4 Å². The third kappa shape index (κ3) is 8.82. The fourth-order valence-corrected chi connectivity index (χ4v) is 8.30. The second kappa shape index (κ2) is 16.0. The van der Waals surface area contributed by atoms with E-state index in [1.54, 1.807) is 31.3 Å². The maximum absolute atomic E-state index is 13.4. The number of likely N-dealkylation sites (N-methyl/N-ethyl adjacent to an activating group) is 1. The van der Waals surface area contributed by atoms with E-state index in [2.05, 4.69) is 29.0 Å². The van der Waals surface area contributed by atoms with Crippen LogP contribution in [0.15, 0.2) is 95.9 Å². The van der Waals surface area contributed by atoms with Gasteiger partial charge < -0.3 is 4.74 Å².